The first-order chi connectivity index (χ1) is 7.38. The quantitative estimate of drug-likeness (QED) is 0.789. The highest BCUT2D eigenvalue weighted by Crippen LogP contribution is 2.15. The topological polar surface area (TPSA) is 41.3 Å². The van der Waals surface area contributed by atoms with E-state index in [1.54, 1.807) is 0 Å². The van der Waals surface area contributed by atoms with Crippen LogP contribution < -0.4 is 0 Å². The van der Waals surface area contributed by atoms with E-state index in [0.29, 0.717) is 12.5 Å². The number of piperidine rings is 1. The number of likely N-dealkylation sites (tertiary alicyclic amines) is 1. The van der Waals surface area contributed by atoms with Crippen molar-refractivity contribution in [2.24, 2.45) is 5.92 Å². The molecule has 0 aromatic carbocycles. The predicted molar refractivity (Wildman–Crippen MR) is 58.5 cm³/mol. The molecule has 15 heavy (non-hydrogen) atoms. The maximum atomic E-state index is 9.12. The minimum Gasteiger partial charge on any atom is -0.396 e. The van der Waals surface area contributed by atoms with E-state index in [0.717, 1.165) is 19.6 Å². The van der Waals surface area contributed by atoms with Gasteiger partial charge in [0.25, 0.3) is 0 Å². The van der Waals surface area contributed by atoms with E-state index in [1.165, 1.54) is 19.4 Å². The van der Waals surface area contributed by atoms with Crippen LogP contribution in [-0.4, -0.2) is 45.8 Å². The molecule has 4 heteroatoms. The van der Waals surface area contributed by atoms with Crippen LogP contribution in [0.1, 0.15) is 12.8 Å². The van der Waals surface area contributed by atoms with Crippen molar-refractivity contribution < 1.29 is 5.11 Å². The molecule has 1 unspecified atom stereocenters. The van der Waals surface area contributed by atoms with Gasteiger partial charge in [0, 0.05) is 38.6 Å². The van der Waals surface area contributed by atoms with E-state index in [-0.39, 0.29) is 0 Å². The molecule has 2 rings (SSSR count). The second kappa shape index (κ2) is 5.28. The lowest BCUT2D eigenvalue weighted by molar-refractivity contribution is 0.118. The minimum atomic E-state index is 0.335. The first-order valence-electron chi connectivity index (χ1n) is 5.67. The van der Waals surface area contributed by atoms with Gasteiger partial charge in [0.2, 0.25) is 0 Å². The van der Waals surface area contributed by atoms with Gasteiger partial charge in [-0.1, -0.05) is 0 Å². The average Bonchev–Trinajstić information content (AvgIpc) is 2.79. The summed E-state index contributed by atoms with van der Waals surface area (Å²) >= 11 is 0. The largest absolute Gasteiger partial charge is 0.396 e. The van der Waals surface area contributed by atoms with Gasteiger partial charge in [-0.25, -0.2) is 4.98 Å². The van der Waals surface area contributed by atoms with E-state index in [1.807, 2.05) is 18.7 Å². The van der Waals surface area contributed by atoms with Crippen LogP contribution in [0.4, 0.5) is 0 Å². The average molecular weight is 209 g/mol. The Morgan fingerprint density at radius 3 is 3.07 bits per heavy atom. The Balaban J connectivity index is 1.74. The molecule has 2 heterocycles. The van der Waals surface area contributed by atoms with E-state index in [2.05, 4.69) is 14.5 Å². The molecule has 0 saturated carbocycles. The summed E-state index contributed by atoms with van der Waals surface area (Å²) in [7, 11) is 0. The summed E-state index contributed by atoms with van der Waals surface area (Å²) in [5, 5.41) is 9.12. The van der Waals surface area contributed by atoms with Crippen molar-refractivity contribution in [3.8, 4) is 0 Å². The second-order valence-electron chi connectivity index (χ2n) is 4.29. The molecular formula is C11H19N3O. The number of hydrogen-bond acceptors (Lipinski definition) is 3. The highest BCUT2D eigenvalue weighted by molar-refractivity contribution is 4.76. The molecule has 84 valence electrons. The predicted octanol–water partition coefficient (Wildman–Crippen LogP) is 0.587. The standard InChI is InChI=1S/C11H19N3O/c15-9-11-2-1-4-13(8-11)6-7-14-5-3-12-10-14/h3,5,10-11,15H,1-2,4,6-9H2. The van der Waals surface area contributed by atoms with E-state index in [9.17, 15) is 0 Å². The van der Waals surface area contributed by atoms with Crippen LogP contribution in [0.3, 0.4) is 0 Å². The molecule has 1 saturated heterocycles. The summed E-state index contributed by atoms with van der Waals surface area (Å²) in [6, 6.07) is 0. The molecule has 0 amide bonds. The lowest BCUT2D eigenvalue weighted by Gasteiger charge is -2.31. The zero-order chi connectivity index (χ0) is 10.5. The molecule has 0 bridgehead atoms. The fourth-order valence-electron chi connectivity index (χ4n) is 2.18. The van der Waals surface area contributed by atoms with Gasteiger partial charge in [-0.05, 0) is 25.3 Å². The molecule has 1 aliphatic heterocycles. The Kier molecular flexibility index (Phi) is 3.75. The molecule has 0 radical (unpaired) electrons. The van der Waals surface area contributed by atoms with Crippen molar-refractivity contribution >= 4 is 0 Å². The Morgan fingerprint density at radius 1 is 1.40 bits per heavy atom. The number of imidazole rings is 1. The normalized spacial score (nSPS) is 23.1. The van der Waals surface area contributed by atoms with Crippen molar-refractivity contribution in [1.29, 1.82) is 0 Å². The molecule has 1 fully saturated rings. The zero-order valence-corrected chi connectivity index (χ0v) is 9.05. The lowest BCUT2D eigenvalue weighted by atomic mass is 9.99. The Hall–Kier alpha value is -0.870. The summed E-state index contributed by atoms with van der Waals surface area (Å²) in [4.78, 5) is 6.46. The summed E-state index contributed by atoms with van der Waals surface area (Å²) in [5.74, 6) is 0.488. The first kappa shape index (κ1) is 10.6. The second-order valence-corrected chi connectivity index (χ2v) is 4.29. The number of aromatic nitrogens is 2. The summed E-state index contributed by atoms with van der Waals surface area (Å²) in [6.07, 6.45) is 8.06. The number of hydrogen-bond donors (Lipinski definition) is 1. The third-order valence-corrected chi connectivity index (χ3v) is 3.09. The number of aliphatic hydroxyl groups excluding tert-OH is 1. The van der Waals surface area contributed by atoms with Crippen LogP contribution in [0.5, 0.6) is 0 Å². The van der Waals surface area contributed by atoms with Gasteiger partial charge in [0.15, 0.2) is 0 Å². The molecule has 1 N–H and O–H groups in total. The Morgan fingerprint density at radius 2 is 2.33 bits per heavy atom. The van der Waals surface area contributed by atoms with Gasteiger partial charge in [-0.15, -0.1) is 0 Å². The fraction of sp³-hybridized carbons (Fsp3) is 0.727. The molecule has 0 spiro atoms. The Labute approximate surface area is 90.5 Å². The minimum absolute atomic E-state index is 0.335. The van der Waals surface area contributed by atoms with E-state index >= 15 is 0 Å². The van der Waals surface area contributed by atoms with Crippen molar-refractivity contribution in [1.82, 2.24) is 14.5 Å². The van der Waals surface area contributed by atoms with Crippen LogP contribution in [0, 0.1) is 5.92 Å². The molecule has 1 aliphatic rings. The zero-order valence-electron chi connectivity index (χ0n) is 9.05. The van der Waals surface area contributed by atoms with Gasteiger partial charge in [-0.2, -0.15) is 0 Å². The van der Waals surface area contributed by atoms with Crippen molar-refractivity contribution in [3.63, 3.8) is 0 Å². The van der Waals surface area contributed by atoms with E-state index < -0.39 is 0 Å². The lowest BCUT2D eigenvalue weighted by Crippen LogP contribution is -2.38. The Bertz CT molecular complexity index is 273. The summed E-state index contributed by atoms with van der Waals surface area (Å²) < 4.78 is 2.10. The van der Waals surface area contributed by atoms with E-state index in [4.69, 9.17) is 5.11 Å². The highest BCUT2D eigenvalue weighted by atomic mass is 16.3. The van der Waals surface area contributed by atoms with Crippen LogP contribution in [0.2, 0.25) is 0 Å². The maximum Gasteiger partial charge on any atom is 0.0946 e. The van der Waals surface area contributed by atoms with Crippen LogP contribution >= 0.6 is 0 Å². The molecular weight excluding hydrogens is 190 g/mol. The third kappa shape index (κ3) is 3.04. The van der Waals surface area contributed by atoms with Crippen molar-refractivity contribution in [2.45, 2.75) is 19.4 Å². The summed E-state index contributed by atoms with van der Waals surface area (Å²) in [6.45, 7) is 4.61. The van der Waals surface area contributed by atoms with Gasteiger partial charge < -0.3 is 14.6 Å². The first-order valence-corrected chi connectivity index (χ1v) is 5.67. The number of rotatable bonds is 4. The van der Waals surface area contributed by atoms with Crippen LogP contribution in [0.15, 0.2) is 18.7 Å². The van der Waals surface area contributed by atoms with Gasteiger partial charge in [0.05, 0.1) is 6.33 Å². The summed E-state index contributed by atoms with van der Waals surface area (Å²) in [5.41, 5.74) is 0. The molecule has 1 aromatic heterocycles. The van der Waals surface area contributed by atoms with Crippen LogP contribution in [-0.2, 0) is 6.54 Å². The van der Waals surface area contributed by atoms with Crippen molar-refractivity contribution in [3.05, 3.63) is 18.7 Å². The maximum absolute atomic E-state index is 9.12. The monoisotopic (exact) mass is 209 g/mol. The molecule has 0 aliphatic carbocycles. The van der Waals surface area contributed by atoms with Gasteiger partial charge in [-0.3, -0.25) is 0 Å². The SMILES string of the molecule is OCC1CCCN(CCn2ccnc2)C1. The highest BCUT2D eigenvalue weighted by Gasteiger charge is 2.18. The van der Waals surface area contributed by atoms with Gasteiger partial charge in [0.1, 0.15) is 0 Å². The molecule has 1 aromatic rings. The van der Waals surface area contributed by atoms with Gasteiger partial charge >= 0.3 is 0 Å². The fourth-order valence-corrected chi connectivity index (χ4v) is 2.18. The number of nitrogens with zero attached hydrogens (tertiary/aromatic N) is 3. The number of aliphatic hydroxyl groups is 1. The van der Waals surface area contributed by atoms with Crippen molar-refractivity contribution in [2.75, 3.05) is 26.2 Å². The third-order valence-electron chi connectivity index (χ3n) is 3.09. The smallest absolute Gasteiger partial charge is 0.0946 e. The molecule has 4 nitrogen and oxygen atoms in total. The van der Waals surface area contributed by atoms with Crippen LogP contribution in [0.25, 0.3) is 0 Å². The molecule has 1 atom stereocenters.